The normalized spacial score (nSPS) is 15.6. The lowest BCUT2D eigenvalue weighted by Crippen LogP contribution is -2.39. The number of hydrogen-bond donors (Lipinski definition) is 1. The second kappa shape index (κ2) is 7.17. The minimum atomic E-state index is -0.761. The van der Waals surface area contributed by atoms with Crippen LogP contribution in [0, 0.1) is 12.8 Å². The number of rotatable bonds is 5. The van der Waals surface area contributed by atoms with Crippen LogP contribution in [0.5, 0.6) is 0 Å². The third-order valence-corrected chi connectivity index (χ3v) is 5.17. The van der Waals surface area contributed by atoms with Gasteiger partial charge in [-0.25, -0.2) is 4.98 Å². The molecular formula is C17H20N2O4S. The summed E-state index contributed by atoms with van der Waals surface area (Å²) in [6, 6.07) is 3.77. The molecule has 0 aliphatic carbocycles. The average Bonchev–Trinajstić information content (AvgIpc) is 3.16. The van der Waals surface area contributed by atoms with Crippen LogP contribution < -0.4 is 0 Å². The van der Waals surface area contributed by atoms with Gasteiger partial charge in [-0.3, -0.25) is 9.59 Å². The van der Waals surface area contributed by atoms with Gasteiger partial charge in [0.25, 0.3) is 0 Å². The molecule has 1 aliphatic heterocycles. The van der Waals surface area contributed by atoms with E-state index in [1.807, 2.05) is 29.3 Å². The average molecular weight is 348 g/mol. The molecule has 2 aromatic rings. The fourth-order valence-corrected chi connectivity index (χ4v) is 3.73. The van der Waals surface area contributed by atoms with Gasteiger partial charge in [0.2, 0.25) is 5.91 Å². The van der Waals surface area contributed by atoms with Crippen LogP contribution >= 0.6 is 11.3 Å². The fraction of sp³-hybridized carbons (Fsp3) is 0.471. The number of carbonyl (C=O) groups excluding carboxylic acids is 1. The molecule has 6 nitrogen and oxygen atoms in total. The Balaban J connectivity index is 1.54. The van der Waals surface area contributed by atoms with Crippen LogP contribution in [0.1, 0.15) is 30.7 Å². The summed E-state index contributed by atoms with van der Waals surface area (Å²) in [7, 11) is 0. The van der Waals surface area contributed by atoms with Crippen LogP contribution in [0.15, 0.2) is 21.9 Å². The van der Waals surface area contributed by atoms with Crippen molar-refractivity contribution in [2.75, 3.05) is 13.1 Å². The summed E-state index contributed by atoms with van der Waals surface area (Å²) in [6.45, 7) is 3.14. The van der Waals surface area contributed by atoms with E-state index in [1.54, 1.807) is 0 Å². The van der Waals surface area contributed by atoms with Crippen LogP contribution in [0.4, 0.5) is 0 Å². The molecular weight excluding hydrogens is 328 g/mol. The lowest BCUT2D eigenvalue weighted by molar-refractivity contribution is -0.138. The molecule has 128 valence electrons. The molecule has 1 N–H and O–H groups in total. The molecule has 0 spiro atoms. The van der Waals surface area contributed by atoms with Crippen molar-refractivity contribution < 1.29 is 19.1 Å². The van der Waals surface area contributed by atoms with Gasteiger partial charge < -0.3 is 14.4 Å². The van der Waals surface area contributed by atoms with E-state index in [0.29, 0.717) is 13.1 Å². The Bertz CT molecular complexity index is 729. The van der Waals surface area contributed by atoms with Crippen LogP contribution in [-0.4, -0.2) is 40.0 Å². The van der Waals surface area contributed by atoms with E-state index in [9.17, 15) is 9.59 Å². The molecule has 3 rings (SSSR count). The first-order valence-electron chi connectivity index (χ1n) is 8.02. The zero-order chi connectivity index (χ0) is 17.1. The first-order chi connectivity index (χ1) is 11.5. The zero-order valence-corrected chi connectivity index (χ0v) is 14.3. The van der Waals surface area contributed by atoms with Crippen LogP contribution in [0.25, 0.3) is 10.8 Å². The quantitative estimate of drug-likeness (QED) is 0.898. The van der Waals surface area contributed by atoms with Gasteiger partial charge in [0.1, 0.15) is 5.76 Å². The topological polar surface area (TPSA) is 83.6 Å². The minimum absolute atomic E-state index is 0.0521. The van der Waals surface area contributed by atoms with Crippen molar-refractivity contribution in [1.29, 1.82) is 0 Å². The number of thiazole rings is 1. The molecule has 0 aromatic carbocycles. The second-order valence-corrected chi connectivity index (χ2v) is 7.01. The zero-order valence-electron chi connectivity index (χ0n) is 13.5. The number of furan rings is 1. The Hall–Kier alpha value is -2.15. The van der Waals surface area contributed by atoms with Gasteiger partial charge >= 0.3 is 5.97 Å². The van der Waals surface area contributed by atoms with Crippen molar-refractivity contribution in [3.8, 4) is 10.8 Å². The number of carboxylic acids is 1. The molecule has 0 atom stereocenters. The molecule has 0 bridgehead atoms. The Kier molecular flexibility index (Phi) is 4.99. The second-order valence-electron chi connectivity index (χ2n) is 6.15. The number of hydrogen-bond acceptors (Lipinski definition) is 5. The van der Waals surface area contributed by atoms with Crippen molar-refractivity contribution in [2.45, 2.75) is 32.6 Å². The van der Waals surface area contributed by atoms with Crippen molar-refractivity contribution in [2.24, 2.45) is 5.92 Å². The molecule has 0 saturated carbocycles. The van der Waals surface area contributed by atoms with Crippen LogP contribution in [0.2, 0.25) is 0 Å². The minimum Gasteiger partial charge on any atom is -0.481 e. The summed E-state index contributed by atoms with van der Waals surface area (Å²) in [5.41, 5.74) is 0.752. The molecule has 1 aliphatic rings. The van der Waals surface area contributed by atoms with Crippen LogP contribution in [-0.2, 0) is 16.0 Å². The highest BCUT2D eigenvalue weighted by atomic mass is 32.1. The number of aryl methyl sites for hydroxylation is 1. The van der Waals surface area contributed by atoms with Gasteiger partial charge in [-0.15, -0.1) is 11.3 Å². The van der Waals surface area contributed by atoms with E-state index in [0.717, 1.165) is 35.1 Å². The number of carbonyl (C=O) groups is 2. The Morgan fingerprint density at radius 1 is 1.38 bits per heavy atom. The van der Waals surface area contributed by atoms with E-state index in [2.05, 4.69) is 4.98 Å². The molecule has 2 aromatic heterocycles. The Morgan fingerprint density at radius 3 is 2.75 bits per heavy atom. The van der Waals surface area contributed by atoms with Crippen molar-refractivity contribution in [3.63, 3.8) is 0 Å². The van der Waals surface area contributed by atoms with Gasteiger partial charge in [-0.05, 0) is 37.8 Å². The first kappa shape index (κ1) is 16.7. The third kappa shape index (κ3) is 4.03. The molecule has 1 amide bonds. The number of aliphatic carboxylic acids is 1. The highest BCUT2D eigenvalue weighted by Gasteiger charge is 2.24. The summed E-state index contributed by atoms with van der Waals surface area (Å²) in [5, 5.41) is 11.5. The number of carboxylic acid groups (broad SMARTS) is 1. The van der Waals surface area contributed by atoms with Gasteiger partial charge in [-0.1, -0.05) is 0 Å². The molecule has 0 radical (unpaired) electrons. The number of amides is 1. The largest absolute Gasteiger partial charge is 0.481 e. The monoisotopic (exact) mass is 348 g/mol. The fourth-order valence-electron chi connectivity index (χ4n) is 2.95. The van der Waals surface area contributed by atoms with E-state index in [4.69, 9.17) is 9.52 Å². The van der Waals surface area contributed by atoms with Gasteiger partial charge in [0.15, 0.2) is 10.8 Å². The number of nitrogens with zero attached hydrogens (tertiary/aromatic N) is 2. The maximum absolute atomic E-state index is 12.4. The number of aromatic nitrogens is 1. The molecule has 0 unspecified atom stereocenters. The molecule has 24 heavy (non-hydrogen) atoms. The van der Waals surface area contributed by atoms with E-state index in [-0.39, 0.29) is 24.7 Å². The standard InChI is InChI=1S/C17H20N2O4S/c1-11-2-3-14(23-11)17-18-13(10-24-17)9-15(20)19-6-4-12(5-7-19)8-16(21)22/h2-3,10,12H,4-9H2,1H3,(H,21,22). The molecule has 3 heterocycles. The summed E-state index contributed by atoms with van der Waals surface area (Å²) in [6.07, 6.45) is 1.98. The smallest absolute Gasteiger partial charge is 0.303 e. The Labute approximate surface area is 144 Å². The van der Waals surface area contributed by atoms with Crippen molar-refractivity contribution in [1.82, 2.24) is 9.88 Å². The maximum atomic E-state index is 12.4. The van der Waals surface area contributed by atoms with Gasteiger partial charge in [0.05, 0.1) is 12.1 Å². The van der Waals surface area contributed by atoms with E-state index in [1.165, 1.54) is 11.3 Å². The summed E-state index contributed by atoms with van der Waals surface area (Å²) in [4.78, 5) is 29.4. The van der Waals surface area contributed by atoms with Crippen molar-refractivity contribution in [3.05, 3.63) is 29.0 Å². The van der Waals surface area contributed by atoms with Gasteiger partial charge in [0, 0.05) is 24.9 Å². The lowest BCUT2D eigenvalue weighted by Gasteiger charge is -2.31. The predicted octanol–water partition coefficient (Wildman–Crippen LogP) is 2.97. The van der Waals surface area contributed by atoms with Crippen LogP contribution in [0.3, 0.4) is 0 Å². The summed E-state index contributed by atoms with van der Waals surface area (Å²) in [5.74, 6) is 1.03. The first-order valence-corrected chi connectivity index (χ1v) is 8.90. The van der Waals surface area contributed by atoms with E-state index < -0.39 is 5.97 Å². The SMILES string of the molecule is Cc1ccc(-c2nc(CC(=O)N3CCC(CC(=O)O)CC3)cs2)o1. The summed E-state index contributed by atoms with van der Waals surface area (Å²) >= 11 is 1.47. The maximum Gasteiger partial charge on any atom is 0.303 e. The van der Waals surface area contributed by atoms with E-state index >= 15 is 0 Å². The molecule has 1 fully saturated rings. The summed E-state index contributed by atoms with van der Waals surface area (Å²) < 4.78 is 5.55. The highest BCUT2D eigenvalue weighted by molar-refractivity contribution is 7.13. The lowest BCUT2D eigenvalue weighted by atomic mass is 9.93. The van der Waals surface area contributed by atoms with Crippen molar-refractivity contribution >= 4 is 23.2 Å². The third-order valence-electron chi connectivity index (χ3n) is 4.27. The predicted molar refractivity (Wildman–Crippen MR) is 89.8 cm³/mol. The molecule has 7 heteroatoms. The van der Waals surface area contributed by atoms with Gasteiger partial charge in [-0.2, -0.15) is 0 Å². The molecule has 1 saturated heterocycles. The highest BCUT2D eigenvalue weighted by Crippen LogP contribution is 2.26. The Morgan fingerprint density at radius 2 is 2.12 bits per heavy atom. The number of piperidine rings is 1. The number of likely N-dealkylation sites (tertiary alicyclic amines) is 1.